The Hall–Kier alpha value is 0.567. The summed E-state index contributed by atoms with van der Waals surface area (Å²) in [7, 11) is -1.15. The first-order valence-corrected chi connectivity index (χ1v) is 10.0. The maximum absolute atomic E-state index is 8.78. The molecule has 0 saturated heterocycles. The molecular formula is C7H19O2PSi. The van der Waals surface area contributed by atoms with Gasteiger partial charge in [-0.3, -0.25) is 0 Å². The van der Waals surface area contributed by atoms with E-state index in [0.29, 0.717) is 0 Å². The Bertz CT molecular complexity index is 97.1. The van der Waals surface area contributed by atoms with Gasteiger partial charge in [0.15, 0.2) is 0 Å². The summed E-state index contributed by atoms with van der Waals surface area (Å²) in [5.41, 5.74) is 0. The molecule has 0 radical (unpaired) electrons. The molecule has 0 aliphatic rings. The van der Waals surface area contributed by atoms with E-state index in [4.69, 9.17) is 10.2 Å². The second kappa shape index (κ2) is 5.25. The molecule has 0 saturated carbocycles. The van der Waals surface area contributed by atoms with Crippen LogP contribution in [0.1, 0.15) is 0 Å². The van der Waals surface area contributed by atoms with Crippen molar-refractivity contribution in [2.24, 2.45) is 0 Å². The largest absolute Gasteiger partial charge is 0.396 e. The van der Waals surface area contributed by atoms with Gasteiger partial charge in [-0.25, -0.2) is 0 Å². The second-order valence-corrected chi connectivity index (χ2v) is 15.8. The van der Waals surface area contributed by atoms with Gasteiger partial charge in [-0.15, -0.1) is 7.47 Å². The van der Waals surface area contributed by atoms with Gasteiger partial charge in [-0.2, -0.15) is 0 Å². The zero-order valence-electron chi connectivity index (χ0n) is 7.67. The molecule has 0 unspecified atom stereocenters. The molecule has 0 bridgehead atoms. The minimum Gasteiger partial charge on any atom is -0.396 e. The van der Waals surface area contributed by atoms with Gasteiger partial charge in [0.2, 0.25) is 0 Å². The van der Waals surface area contributed by atoms with Gasteiger partial charge in [-0.05, 0) is 12.3 Å². The average Bonchev–Trinajstić information content (AvgIpc) is 1.85. The molecular weight excluding hydrogens is 175 g/mol. The first-order valence-electron chi connectivity index (χ1n) is 3.99. The molecule has 2 N–H and O–H groups in total. The summed E-state index contributed by atoms with van der Waals surface area (Å²) in [5, 5.41) is 17.6. The monoisotopic (exact) mass is 194 g/mol. The third-order valence-electron chi connectivity index (χ3n) is 1.69. The maximum Gasteiger partial charge on any atom is 0.0722 e. The molecule has 0 rings (SSSR count). The van der Waals surface area contributed by atoms with Gasteiger partial charge in [0, 0.05) is 13.2 Å². The third kappa shape index (κ3) is 4.91. The van der Waals surface area contributed by atoms with Crippen molar-refractivity contribution >= 4 is 15.2 Å². The van der Waals surface area contributed by atoms with Crippen LogP contribution in [-0.2, 0) is 0 Å². The van der Waals surface area contributed by atoms with Crippen molar-refractivity contribution in [2.45, 2.75) is 19.6 Å². The van der Waals surface area contributed by atoms with Crippen molar-refractivity contribution < 1.29 is 10.2 Å². The maximum atomic E-state index is 8.78. The van der Waals surface area contributed by atoms with Crippen molar-refractivity contribution in [1.82, 2.24) is 0 Å². The van der Waals surface area contributed by atoms with E-state index in [0.717, 1.165) is 12.3 Å². The van der Waals surface area contributed by atoms with E-state index in [1.165, 1.54) is 0 Å². The molecule has 0 spiro atoms. The van der Waals surface area contributed by atoms with Crippen molar-refractivity contribution in [1.29, 1.82) is 0 Å². The summed E-state index contributed by atoms with van der Waals surface area (Å²) in [4.78, 5) is 0. The molecule has 2 nitrogen and oxygen atoms in total. The lowest BCUT2D eigenvalue weighted by Gasteiger charge is -2.28. The average molecular weight is 194 g/mol. The lowest BCUT2D eigenvalue weighted by Crippen LogP contribution is -2.23. The van der Waals surface area contributed by atoms with E-state index in [2.05, 4.69) is 19.6 Å². The SMILES string of the molecule is C[Si](C)(C)P(CCO)CCO. The Morgan fingerprint density at radius 3 is 1.55 bits per heavy atom. The van der Waals surface area contributed by atoms with Crippen molar-refractivity contribution in [3.63, 3.8) is 0 Å². The van der Waals surface area contributed by atoms with E-state index in [9.17, 15) is 0 Å². The molecule has 0 aromatic heterocycles. The van der Waals surface area contributed by atoms with E-state index in [-0.39, 0.29) is 20.7 Å². The van der Waals surface area contributed by atoms with Gasteiger partial charge in [0.1, 0.15) is 0 Å². The smallest absolute Gasteiger partial charge is 0.0722 e. The Balaban J connectivity index is 3.88. The molecule has 68 valence electrons. The number of hydrogen-bond donors (Lipinski definition) is 2. The highest BCUT2D eigenvalue weighted by atomic mass is 31.4. The predicted octanol–water partition coefficient (Wildman–Crippen LogP) is 1.29. The van der Waals surface area contributed by atoms with Crippen LogP contribution in [0.5, 0.6) is 0 Å². The third-order valence-corrected chi connectivity index (χ3v) is 12.1. The number of rotatable bonds is 5. The topological polar surface area (TPSA) is 40.5 Å². The second-order valence-electron chi connectivity index (χ2n) is 3.61. The first kappa shape index (κ1) is 11.6. The summed E-state index contributed by atoms with van der Waals surface area (Å²) in [5.74, 6) is 0. The van der Waals surface area contributed by atoms with Gasteiger partial charge >= 0.3 is 0 Å². The Labute approximate surface area is 71.2 Å². The van der Waals surface area contributed by atoms with E-state index >= 15 is 0 Å². The fourth-order valence-corrected chi connectivity index (χ4v) is 7.70. The van der Waals surface area contributed by atoms with Crippen LogP contribution in [0.3, 0.4) is 0 Å². The van der Waals surface area contributed by atoms with Crippen LogP contribution in [0, 0.1) is 0 Å². The fourth-order valence-electron chi connectivity index (χ4n) is 1.02. The fraction of sp³-hybridized carbons (Fsp3) is 1.00. The van der Waals surface area contributed by atoms with Crippen LogP contribution in [0.4, 0.5) is 0 Å². The highest BCUT2D eigenvalue weighted by Crippen LogP contribution is 2.45. The number of aliphatic hydroxyl groups excluding tert-OH is 2. The van der Waals surface area contributed by atoms with Crippen LogP contribution in [0.25, 0.3) is 0 Å². The molecule has 4 heteroatoms. The van der Waals surface area contributed by atoms with Gasteiger partial charge in [0.05, 0.1) is 7.74 Å². The number of hydrogen-bond acceptors (Lipinski definition) is 2. The summed E-state index contributed by atoms with van der Waals surface area (Å²) in [6.07, 6.45) is 1.84. The molecule has 0 amide bonds. The Morgan fingerprint density at radius 1 is 1.00 bits per heavy atom. The lowest BCUT2D eigenvalue weighted by atomic mass is 10.9. The summed E-state index contributed by atoms with van der Waals surface area (Å²) >= 11 is 0. The minimum atomic E-state index is -1.08. The van der Waals surface area contributed by atoms with Crippen LogP contribution in [0.2, 0.25) is 19.6 Å². The molecule has 0 aliphatic carbocycles. The molecule has 11 heavy (non-hydrogen) atoms. The van der Waals surface area contributed by atoms with Crippen LogP contribution in [0.15, 0.2) is 0 Å². The quantitative estimate of drug-likeness (QED) is 0.511. The standard InChI is InChI=1S/C7H19O2PSi/c1-11(2,3)10(6-4-8)7-5-9/h8-9H,4-7H2,1-3H3. The van der Waals surface area contributed by atoms with E-state index in [1.807, 2.05) is 0 Å². The molecule has 0 aromatic rings. The molecule has 0 aromatic carbocycles. The van der Waals surface area contributed by atoms with Gasteiger partial charge in [0.25, 0.3) is 0 Å². The van der Waals surface area contributed by atoms with Gasteiger partial charge in [-0.1, -0.05) is 19.6 Å². The zero-order chi connectivity index (χ0) is 8.91. The van der Waals surface area contributed by atoms with Crippen LogP contribution >= 0.6 is 7.47 Å². The van der Waals surface area contributed by atoms with E-state index < -0.39 is 7.74 Å². The van der Waals surface area contributed by atoms with Crippen LogP contribution < -0.4 is 0 Å². The minimum absolute atomic E-state index is 0.0630. The Kier molecular flexibility index (Phi) is 5.53. The molecule has 0 fully saturated rings. The van der Waals surface area contributed by atoms with Crippen molar-refractivity contribution in [3.05, 3.63) is 0 Å². The van der Waals surface area contributed by atoms with Gasteiger partial charge < -0.3 is 10.2 Å². The summed E-state index contributed by atoms with van der Waals surface area (Å²) < 4.78 is 0. The first-order chi connectivity index (χ1) is 5.02. The molecule has 0 atom stereocenters. The van der Waals surface area contributed by atoms with Crippen molar-refractivity contribution in [3.8, 4) is 0 Å². The highest BCUT2D eigenvalue weighted by Gasteiger charge is 2.24. The normalized spacial score (nSPS) is 12.5. The predicted molar refractivity (Wildman–Crippen MR) is 54.2 cm³/mol. The lowest BCUT2D eigenvalue weighted by molar-refractivity contribution is 0.316. The van der Waals surface area contributed by atoms with Crippen LogP contribution in [-0.4, -0.2) is 43.5 Å². The Morgan fingerprint density at radius 2 is 1.36 bits per heavy atom. The summed E-state index contributed by atoms with van der Waals surface area (Å²) in [6, 6.07) is 0. The van der Waals surface area contributed by atoms with Crippen molar-refractivity contribution in [2.75, 3.05) is 25.5 Å². The number of aliphatic hydroxyl groups is 2. The highest BCUT2D eigenvalue weighted by molar-refractivity contribution is 7.94. The molecule has 0 aliphatic heterocycles. The zero-order valence-corrected chi connectivity index (χ0v) is 9.56. The van der Waals surface area contributed by atoms with E-state index in [1.54, 1.807) is 0 Å². The molecule has 0 heterocycles. The summed E-state index contributed by atoms with van der Waals surface area (Å²) in [6.45, 7) is 7.50.